The Morgan fingerprint density at radius 2 is 1.55 bits per heavy atom. The quantitative estimate of drug-likeness (QED) is 0.837. The number of amides is 2. The van der Waals surface area contributed by atoms with Gasteiger partial charge in [-0.2, -0.15) is 0 Å². The smallest absolute Gasteiger partial charge is 0.242 e. The molecule has 0 spiro atoms. The molecule has 0 fully saturated rings. The van der Waals surface area contributed by atoms with E-state index in [-0.39, 0.29) is 18.2 Å². The third-order valence-electron chi connectivity index (χ3n) is 2.83. The molecule has 0 saturated carbocycles. The molecule has 0 bridgehead atoms. The van der Waals surface area contributed by atoms with Gasteiger partial charge in [0.05, 0.1) is 6.42 Å². The Kier molecular flexibility index (Phi) is 4.50. The molecule has 0 aliphatic carbocycles. The molecule has 20 heavy (non-hydrogen) atoms. The van der Waals surface area contributed by atoms with Crippen molar-refractivity contribution in [2.45, 2.75) is 13.3 Å². The maximum atomic E-state index is 11.8. The summed E-state index contributed by atoms with van der Waals surface area (Å²) in [5.41, 5.74) is 7.66. The number of benzene rings is 2. The average molecular weight is 268 g/mol. The number of hydrogen-bond acceptors (Lipinski definition) is 2. The Morgan fingerprint density at radius 1 is 0.900 bits per heavy atom. The number of rotatable bonds is 3. The molecule has 2 aromatic carbocycles. The summed E-state index contributed by atoms with van der Waals surface area (Å²) in [5.74, 6) is -0.543. The molecular weight excluding hydrogens is 252 g/mol. The average Bonchev–Trinajstić information content (AvgIpc) is 2.47. The van der Waals surface area contributed by atoms with Gasteiger partial charge in [-0.25, -0.2) is 0 Å². The molecule has 0 saturated heterocycles. The van der Waals surface area contributed by atoms with Crippen LogP contribution in [0.25, 0.3) is 11.1 Å². The Bertz CT molecular complexity index is 609. The highest BCUT2D eigenvalue weighted by molar-refractivity contribution is 5.84. The lowest BCUT2D eigenvalue weighted by molar-refractivity contribution is -0.127. The second-order valence-electron chi connectivity index (χ2n) is 4.43. The molecule has 2 amide bonds. The zero-order valence-corrected chi connectivity index (χ0v) is 11.2. The van der Waals surface area contributed by atoms with Crippen LogP contribution in [0.15, 0.2) is 54.6 Å². The van der Waals surface area contributed by atoms with Gasteiger partial charge < -0.3 is 0 Å². The molecule has 0 heterocycles. The molecule has 0 aromatic heterocycles. The topological polar surface area (TPSA) is 58.2 Å². The molecule has 4 heteroatoms. The van der Waals surface area contributed by atoms with Crippen molar-refractivity contribution in [1.82, 2.24) is 10.9 Å². The summed E-state index contributed by atoms with van der Waals surface area (Å²) in [4.78, 5) is 22.5. The van der Waals surface area contributed by atoms with Crippen LogP contribution in [0.4, 0.5) is 0 Å². The van der Waals surface area contributed by atoms with Crippen molar-refractivity contribution in [1.29, 1.82) is 0 Å². The van der Waals surface area contributed by atoms with Crippen molar-refractivity contribution in [2.24, 2.45) is 0 Å². The van der Waals surface area contributed by atoms with Crippen LogP contribution in [0.2, 0.25) is 0 Å². The number of nitrogens with one attached hydrogen (secondary N) is 2. The third kappa shape index (κ3) is 3.68. The van der Waals surface area contributed by atoms with E-state index >= 15 is 0 Å². The first kappa shape index (κ1) is 13.8. The van der Waals surface area contributed by atoms with E-state index in [9.17, 15) is 9.59 Å². The van der Waals surface area contributed by atoms with Gasteiger partial charge in [-0.15, -0.1) is 0 Å². The molecule has 0 unspecified atom stereocenters. The van der Waals surface area contributed by atoms with E-state index < -0.39 is 0 Å². The maximum Gasteiger partial charge on any atom is 0.242 e. The summed E-state index contributed by atoms with van der Waals surface area (Å²) in [7, 11) is 0. The van der Waals surface area contributed by atoms with Gasteiger partial charge in [-0.3, -0.25) is 20.4 Å². The summed E-state index contributed by atoms with van der Waals surface area (Å²) >= 11 is 0. The molecule has 0 radical (unpaired) electrons. The van der Waals surface area contributed by atoms with Crippen molar-refractivity contribution in [3.63, 3.8) is 0 Å². The van der Waals surface area contributed by atoms with Crippen LogP contribution in [0.1, 0.15) is 12.5 Å². The number of carbonyl (C=O) groups is 2. The minimum atomic E-state index is -0.297. The number of hydrazine groups is 1. The minimum absolute atomic E-state index is 0.214. The van der Waals surface area contributed by atoms with Crippen LogP contribution in [0, 0.1) is 0 Å². The van der Waals surface area contributed by atoms with Crippen LogP contribution < -0.4 is 10.9 Å². The van der Waals surface area contributed by atoms with E-state index in [2.05, 4.69) is 10.9 Å². The van der Waals surface area contributed by atoms with E-state index in [1.807, 2.05) is 54.6 Å². The van der Waals surface area contributed by atoms with E-state index in [0.29, 0.717) is 0 Å². The zero-order chi connectivity index (χ0) is 14.4. The second-order valence-corrected chi connectivity index (χ2v) is 4.43. The molecule has 0 aliphatic rings. The molecule has 2 rings (SSSR count). The highest BCUT2D eigenvalue weighted by atomic mass is 16.2. The Labute approximate surface area is 117 Å². The van der Waals surface area contributed by atoms with E-state index in [0.717, 1.165) is 16.7 Å². The van der Waals surface area contributed by atoms with Gasteiger partial charge in [0.25, 0.3) is 0 Å². The highest BCUT2D eigenvalue weighted by Crippen LogP contribution is 2.23. The van der Waals surface area contributed by atoms with Crippen LogP contribution in [-0.2, 0) is 16.0 Å². The molecule has 102 valence electrons. The largest absolute Gasteiger partial charge is 0.274 e. The fraction of sp³-hybridized carbons (Fsp3) is 0.125. The Hall–Kier alpha value is -2.62. The molecule has 2 N–H and O–H groups in total. The molecule has 0 aliphatic heterocycles. The number of carbonyl (C=O) groups excluding carboxylic acids is 2. The lowest BCUT2D eigenvalue weighted by atomic mass is 9.98. The predicted octanol–water partition coefficient (Wildman–Crippen LogP) is 2.06. The Morgan fingerprint density at radius 3 is 2.25 bits per heavy atom. The lowest BCUT2D eigenvalue weighted by Crippen LogP contribution is -2.41. The summed E-state index contributed by atoms with van der Waals surface area (Å²) in [6.45, 7) is 1.35. The van der Waals surface area contributed by atoms with Gasteiger partial charge in [-0.05, 0) is 16.7 Å². The van der Waals surface area contributed by atoms with Crippen LogP contribution in [-0.4, -0.2) is 11.8 Å². The van der Waals surface area contributed by atoms with Gasteiger partial charge in [0.2, 0.25) is 11.8 Å². The predicted molar refractivity (Wildman–Crippen MR) is 77.5 cm³/mol. The summed E-state index contributed by atoms with van der Waals surface area (Å²) in [5, 5.41) is 0. The minimum Gasteiger partial charge on any atom is -0.274 e. The first-order valence-corrected chi connectivity index (χ1v) is 6.35. The van der Waals surface area contributed by atoms with Gasteiger partial charge >= 0.3 is 0 Å². The highest BCUT2D eigenvalue weighted by Gasteiger charge is 2.09. The lowest BCUT2D eigenvalue weighted by Gasteiger charge is -2.10. The van der Waals surface area contributed by atoms with Crippen LogP contribution in [0.5, 0.6) is 0 Å². The first-order chi connectivity index (χ1) is 9.66. The number of hydrogen-bond donors (Lipinski definition) is 2. The van der Waals surface area contributed by atoms with Gasteiger partial charge in [0, 0.05) is 6.92 Å². The third-order valence-corrected chi connectivity index (χ3v) is 2.83. The van der Waals surface area contributed by atoms with E-state index in [1.54, 1.807) is 0 Å². The molecule has 2 aromatic rings. The van der Waals surface area contributed by atoms with Crippen molar-refractivity contribution < 1.29 is 9.59 Å². The SMILES string of the molecule is CC(=O)NNC(=O)Cc1ccccc1-c1ccccc1. The van der Waals surface area contributed by atoms with Gasteiger partial charge in [-0.1, -0.05) is 54.6 Å². The Balaban J connectivity index is 2.17. The van der Waals surface area contributed by atoms with Crippen molar-refractivity contribution in [3.05, 3.63) is 60.2 Å². The van der Waals surface area contributed by atoms with E-state index in [4.69, 9.17) is 0 Å². The molecule has 0 atom stereocenters. The van der Waals surface area contributed by atoms with Crippen molar-refractivity contribution in [3.8, 4) is 11.1 Å². The van der Waals surface area contributed by atoms with Gasteiger partial charge in [0.15, 0.2) is 0 Å². The first-order valence-electron chi connectivity index (χ1n) is 6.35. The molecule has 4 nitrogen and oxygen atoms in total. The fourth-order valence-electron chi connectivity index (χ4n) is 1.95. The summed E-state index contributed by atoms with van der Waals surface area (Å²) in [6.07, 6.45) is 0.214. The van der Waals surface area contributed by atoms with Crippen molar-refractivity contribution in [2.75, 3.05) is 0 Å². The standard InChI is InChI=1S/C16H16N2O2/c1-12(19)17-18-16(20)11-14-9-5-6-10-15(14)13-7-3-2-4-8-13/h2-10H,11H2,1H3,(H,17,19)(H,18,20). The van der Waals surface area contributed by atoms with Crippen LogP contribution in [0.3, 0.4) is 0 Å². The van der Waals surface area contributed by atoms with E-state index in [1.165, 1.54) is 6.92 Å². The van der Waals surface area contributed by atoms with Gasteiger partial charge in [0.1, 0.15) is 0 Å². The summed E-state index contributed by atoms with van der Waals surface area (Å²) in [6, 6.07) is 17.6. The van der Waals surface area contributed by atoms with Crippen molar-refractivity contribution >= 4 is 11.8 Å². The zero-order valence-electron chi connectivity index (χ0n) is 11.2. The second kappa shape index (κ2) is 6.52. The maximum absolute atomic E-state index is 11.8. The molecular formula is C16H16N2O2. The summed E-state index contributed by atoms with van der Waals surface area (Å²) < 4.78 is 0. The fourth-order valence-corrected chi connectivity index (χ4v) is 1.95. The monoisotopic (exact) mass is 268 g/mol. The normalized spacial score (nSPS) is 9.85. The van der Waals surface area contributed by atoms with Crippen LogP contribution >= 0.6 is 0 Å².